The molecule has 1 heterocycles. The van der Waals surface area contributed by atoms with E-state index in [4.69, 9.17) is 9.47 Å². The highest BCUT2D eigenvalue weighted by molar-refractivity contribution is 5.92. The van der Waals surface area contributed by atoms with Crippen molar-refractivity contribution >= 4 is 11.9 Å². The Bertz CT molecular complexity index is 686. The summed E-state index contributed by atoms with van der Waals surface area (Å²) in [6.07, 6.45) is 0.173. The third kappa shape index (κ3) is 4.14. The Hall–Kier alpha value is -2.18. The van der Waals surface area contributed by atoms with Crippen molar-refractivity contribution in [2.24, 2.45) is 5.92 Å². The number of rotatable bonds is 2. The maximum absolute atomic E-state index is 12.3. The lowest BCUT2D eigenvalue weighted by atomic mass is 9.83. The van der Waals surface area contributed by atoms with Gasteiger partial charge in [-0.1, -0.05) is 19.2 Å². The number of carbonyl (C=O) groups excluding carboxylic acids is 2. The molecular weight excluding hydrogens is 336 g/mol. The quantitative estimate of drug-likeness (QED) is 0.443. The molecule has 142 valence electrons. The minimum atomic E-state index is -0.958. The molecule has 1 aliphatic heterocycles. The zero-order chi connectivity index (χ0) is 19.6. The summed E-state index contributed by atoms with van der Waals surface area (Å²) in [6.45, 7) is 12.7. The molecule has 0 aromatic carbocycles. The van der Waals surface area contributed by atoms with Crippen molar-refractivity contribution in [3.63, 3.8) is 0 Å². The van der Waals surface area contributed by atoms with Crippen LogP contribution in [0.5, 0.6) is 0 Å². The molecule has 0 amide bonds. The summed E-state index contributed by atoms with van der Waals surface area (Å²) < 4.78 is 11.0. The molecule has 0 bridgehead atoms. The van der Waals surface area contributed by atoms with Crippen LogP contribution in [-0.4, -0.2) is 46.6 Å². The van der Waals surface area contributed by atoms with Crippen molar-refractivity contribution in [2.75, 3.05) is 0 Å². The van der Waals surface area contributed by atoms with Crippen molar-refractivity contribution in [3.05, 3.63) is 47.6 Å². The van der Waals surface area contributed by atoms with E-state index in [9.17, 15) is 19.8 Å². The van der Waals surface area contributed by atoms with Crippen LogP contribution in [0.1, 0.15) is 33.6 Å². The maximum Gasteiger partial charge on any atom is 0.334 e. The van der Waals surface area contributed by atoms with E-state index in [0.29, 0.717) is 16.7 Å². The van der Waals surface area contributed by atoms with Crippen LogP contribution in [0.25, 0.3) is 0 Å². The number of aliphatic hydroxyl groups is 2. The number of esters is 2. The van der Waals surface area contributed by atoms with E-state index in [1.165, 1.54) is 0 Å². The number of fused-ring (bicyclic) bond motifs is 1. The lowest BCUT2D eigenvalue weighted by Gasteiger charge is -2.30. The van der Waals surface area contributed by atoms with Crippen LogP contribution in [0.15, 0.2) is 47.6 Å². The fourth-order valence-corrected chi connectivity index (χ4v) is 3.10. The predicted octanol–water partition coefficient (Wildman–Crippen LogP) is 1.98. The molecule has 2 N–H and O–H groups in total. The molecule has 0 radical (unpaired) electrons. The van der Waals surface area contributed by atoms with Crippen LogP contribution < -0.4 is 0 Å². The molecule has 6 nitrogen and oxygen atoms in total. The third-order valence-corrected chi connectivity index (χ3v) is 5.01. The van der Waals surface area contributed by atoms with Gasteiger partial charge in [0, 0.05) is 24.0 Å². The summed E-state index contributed by atoms with van der Waals surface area (Å²) >= 11 is 0. The van der Waals surface area contributed by atoms with Gasteiger partial charge in [-0.3, -0.25) is 0 Å². The van der Waals surface area contributed by atoms with E-state index in [1.807, 2.05) is 0 Å². The average molecular weight is 362 g/mol. The Morgan fingerprint density at radius 2 is 2.00 bits per heavy atom. The van der Waals surface area contributed by atoms with Gasteiger partial charge in [0.25, 0.3) is 0 Å². The van der Waals surface area contributed by atoms with Gasteiger partial charge in [-0.05, 0) is 38.0 Å². The summed E-state index contributed by atoms with van der Waals surface area (Å²) in [5.41, 5.74) is 1.61. The summed E-state index contributed by atoms with van der Waals surface area (Å²) in [5.74, 6) is -1.68. The van der Waals surface area contributed by atoms with E-state index in [-0.39, 0.29) is 18.4 Å². The van der Waals surface area contributed by atoms with Crippen molar-refractivity contribution in [1.82, 2.24) is 0 Å². The Morgan fingerprint density at radius 1 is 1.35 bits per heavy atom. The molecule has 0 aromatic heterocycles. The Balaban J connectivity index is 2.45. The number of hydrogen-bond donors (Lipinski definition) is 2. The molecular formula is C20H26O6. The monoisotopic (exact) mass is 362 g/mol. The lowest BCUT2D eigenvalue weighted by molar-refractivity contribution is -0.147. The zero-order valence-electron chi connectivity index (χ0n) is 15.4. The number of hydrogen-bond acceptors (Lipinski definition) is 6. The van der Waals surface area contributed by atoms with Gasteiger partial charge < -0.3 is 19.7 Å². The van der Waals surface area contributed by atoms with Gasteiger partial charge in [0.1, 0.15) is 12.2 Å². The Kier molecular flexibility index (Phi) is 6.21. The predicted molar refractivity (Wildman–Crippen MR) is 96.0 cm³/mol. The summed E-state index contributed by atoms with van der Waals surface area (Å²) in [6, 6.07) is 0. The average Bonchev–Trinajstić information content (AvgIpc) is 2.86. The smallest absolute Gasteiger partial charge is 0.334 e. The first kappa shape index (κ1) is 20.1. The molecule has 2 rings (SSSR count). The maximum atomic E-state index is 12.3. The van der Waals surface area contributed by atoms with Crippen molar-refractivity contribution in [1.29, 1.82) is 0 Å². The second-order valence-corrected chi connectivity index (χ2v) is 6.88. The van der Waals surface area contributed by atoms with E-state index in [1.54, 1.807) is 32.9 Å². The largest absolute Gasteiger partial charge is 0.458 e. The second kappa shape index (κ2) is 8.01. The number of ether oxygens (including phenoxy) is 2. The first-order valence-corrected chi connectivity index (χ1v) is 8.61. The lowest BCUT2D eigenvalue weighted by Crippen LogP contribution is -2.36. The topological polar surface area (TPSA) is 93.1 Å². The second-order valence-electron chi connectivity index (χ2n) is 6.88. The normalized spacial score (nSPS) is 35.3. The molecule has 2 aliphatic rings. The molecule has 0 aromatic rings. The van der Waals surface area contributed by atoms with Gasteiger partial charge in [-0.25, -0.2) is 9.59 Å². The SMILES string of the molecule is C=C1C(=O)O[C@H]2/C=C(/C)[C@@H](O)C[C@@H](O)C(=C)C[C@@H](OC(=O)/C(C)=C\C)[C@@H]12. The number of aliphatic hydroxyl groups excluding tert-OH is 2. The van der Waals surface area contributed by atoms with Gasteiger partial charge in [-0.15, -0.1) is 0 Å². The van der Waals surface area contributed by atoms with Crippen molar-refractivity contribution < 1.29 is 29.3 Å². The molecule has 0 saturated carbocycles. The standard InChI is InChI=1S/C20H26O6/c1-6-10(2)19(23)25-16-7-11(3)14(21)9-15(22)12(4)8-17-18(16)13(5)20(24)26-17/h6,8,14-18,21-22H,3,5,7,9H2,1-2,4H3/b10-6-,12-8-/t14-,15+,16-,17+,18-/m1/s1. The third-order valence-electron chi connectivity index (χ3n) is 5.01. The molecule has 1 aliphatic carbocycles. The van der Waals surface area contributed by atoms with Gasteiger partial charge in [0.2, 0.25) is 0 Å². The van der Waals surface area contributed by atoms with Gasteiger partial charge in [-0.2, -0.15) is 0 Å². The van der Waals surface area contributed by atoms with Crippen molar-refractivity contribution in [3.8, 4) is 0 Å². The highest BCUT2D eigenvalue weighted by atomic mass is 16.6. The molecule has 0 unspecified atom stereocenters. The van der Waals surface area contributed by atoms with Crippen LogP contribution >= 0.6 is 0 Å². The molecule has 0 spiro atoms. The molecule has 5 atom stereocenters. The van der Waals surface area contributed by atoms with Crippen LogP contribution in [0.4, 0.5) is 0 Å². The minimum absolute atomic E-state index is 0.0714. The van der Waals surface area contributed by atoms with Crippen LogP contribution in [-0.2, 0) is 19.1 Å². The summed E-state index contributed by atoms with van der Waals surface area (Å²) in [7, 11) is 0. The first-order valence-electron chi connectivity index (χ1n) is 8.61. The van der Waals surface area contributed by atoms with E-state index >= 15 is 0 Å². The van der Waals surface area contributed by atoms with E-state index in [0.717, 1.165) is 0 Å². The highest BCUT2D eigenvalue weighted by Gasteiger charge is 2.45. The minimum Gasteiger partial charge on any atom is -0.458 e. The Morgan fingerprint density at radius 3 is 2.62 bits per heavy atom. The van der Waals surface area contributed by atoms with Crippen LogP contribution in [0.2, 0.25) is 0 Å². The Labute approximate surface area is 153 Å². The number of carbonyl (C=O) groups is 2. The fourth-order valence-electron chi connectivity index (χ4n) is 3.10. The van der Waals surface area contributed by atoms with Gasteiger partial charge in [0.05, 0.1) is 18.1 Å². The summed E-state index contributed by atoms with van der Waals surface area (Å²) in [4.78, 5) is 24.3. The van der Waals surface area contributed by atoms with E-state index in [2.05, 4.69) is 13.2 Å². The fraction of sp³-hybridized carbons (Fsp3) is 0.500. The molecule has 26 heavy (non-hydrogen) atoms. The number of allylic oxidation sites excluding steroid dienone is 1. The molecule has 6 heteroatoms. The first-order chi connectivity index (χ1) is 12.1. The van der Waals surface area contributed by atoms with Crippen LogP contribution in [0.3, 0.4) is 0 Å². The van der Waals surface area contributed by atoms with Crippen LogP contribution in [0, 0.1) is 5.92 Å². The molecule has 1 fully saturated rings. The highest BCUT2D eigenvalue weighted by Crippen LogP contribution is 2.37. The zero-order valence-corrected chi connectivity index (χ0v) is 15.4. The van der Waals surface area contributed by atoms with Gasteiger partial charge in [0.15, 0.2) is 0 Å². The van der Waals surface area contributed by atoms with Crippen molar-refractivity contribution in [2.45, 2.75) is 58.0 Å². The summed E-state index contributed by atoms with van der Waals surface area (Å²) in [5, 5.41) is 20.5. The van der Waals surface area contributed by atoms with E-state index < -0.39 is 42.3 Å². The molecule has 1 saturated heterocycles. The van der Waals surface area contributed by atoms with Gasteiger partial charge >= 0.3 is 11.9 Å².